The van der Waals surface area contributed by atoms with E-state index in [0.717, 1.165) is 0 Å². The second-order valence-corrected chi connectivity index (χ2v) is 3.50. The van der Waals surface area contributed by atoms with Crippen molar-refractivity contribution in [2.45, 2.75) is 13.0 Å². The number of methoxy groups -OCH3 is 2. The normalized spacial score (nSPS) is 11.6. The van der Waals surface area contributed by atoms with Crippen LogP contribution in [0.1, 0.15) is 18.5 Å². The van der Waals surface area contributed by atoms with Gasteiger partial charge >= 0.3 is 11.9 Å². The minimum atomic E-state index is -0.907. The molecule has 1 aromatic carbocycles. The van der Waals surface area contributed by atoms with Crippen LogP contribution in [0, 0.1) is 0 Å². The Labute approximate surface area is 105 Å². The highest BCUT2D eigenvalue weighted by molar-refractivity contribution is 5.78. The summed E-state index contributed by atoms with van der Waals surface area (Å²) < 4.78 is 14.5. The molecule has 0 unspecified atom stereocenters. The van der Waals surface area contributed by atoms with Gasteiger partial charge in [0.05, 0.1) is 14.2 Å². The van der Waals surface area contributed by atoms with Crippen molar-refractivity contribution in [2.24, 2.45) is 5.73 Å². The van der Waals surface area contributed by atoms with Crippen LogP contribution in [-0.4, -0.2) is 26.2 Å². The topological polar surface area (TPSA) is 87.9 Å². The third-order valence-electron chi connectivity index (χ3n) is 2.26. The fraction of sp³-hybridized carbons (Fsp3) is 0.333. The molecule has 0 spiro atoms. The maximum atomic E-state index is 11.3. The van der Waals surface area contributed by atoms with Gasteiger partial charge in [0, 0.05) is 6.92 Å². The van der Waals surface area contributed by atoms with Crippen molar-refractivity contribution in [3.8, 4) is 11.5 Å². The first-order valence-electron chi connectivity index (χ1n) is 5.19. The molecular formula is C12H15NO5. The Hall–Kier alpha value is -2.08. The maximum Gasteiger partial charge on any atom is 0.327 e. The summed E-state index contributed by atoms with van der Waals surface area (Å²) in [6.07, 6.45) is 0. The van der Waals surface area contributed by atoms with Gasteiger partial charge in [-0.1, -0.05) is 6.07 Å². The summed E-state index contributed by atoms with van der Waals surface area (Å²) in [7, 11) is 2.68. The van der Waals surface area contributed by atoms with E-state index in [4.69, 9.17) is 15.2 Å². The molecule has 2 N–H and O–H groups in total. The standard InChI is InChI=1S/C12H15NO5/c1-7(14)18-9-5-4-8(6-10(9)16-2)11(13)12(15)17-3/h4-6,11H,13H2,1-3H3/t11-/m1/s1. The molecule has 0 radical (unpaired) electrons. The van der Waals surface area contributed by atoms with Crippen molar-refractivity contribution in [2.75, 3.05) is 14.2 Å². The van der Waals surface area contributed by atoms with Crippen molar-refractivity contribution in [3.05, 3.63) is 23.8 Å². The molecule has 0 heterocycles. The first-order valence-corrected chi connectivity index (χ1v) is 5.19. The van der Waals surface area contributed by atoms with Gasteiger partial charge in [-0.2, -0.15) is 0 Å². The average Bonchev–Trinajstić information content (AvgIpc) is 2.36. The molecule has 18 heavy (non-hydrogen) atoms. The molecule has 98 valence electrons. The zero-order valence-electron chi connectivity index (χ0n) is 10.4. The van der Waals surface area contributed by atoms with E-state index in [9.17, 15) is 9.59 Å². The number of carbonyl (C=O) groups is 2. The van der Waals surface area contributed by atoms with E-state index in [-0.39, 0.29) is 5.75 Å². The fourth-order valence-corrected chi connectivity index (χ4v) is 1.38. The van der Waals surface area contributed by atoms with Gasteiger partial charge in [0.2, 0.25) is 0 Å². The number of benzene rings is 1. The van der Waals surface area contributed by atoms with Crippen molar-refractivity contribution in [3.63, 3.8) is 0 Å². The van der Waals surface area contributed by atoms with Crippen molar-refractivity contribution >= 4 is 11.9 Å². The largest absolute Gasteiger partial charge is 0.493 e. The molecule has 6 heteroatoms. The lowest BCUT2D eigenvalue weighted by molar-refractivity contribution is -0.142. The Morgan fingerprint density at radius 3 is 2.39 bits per heavy atom. The van der Waals surface area contributed by atoms with Crippen LogP contribution in [0.4, 0.5) is 0 Å². The molecular weight excluding hydrogens is 238 g/mol. The van der Waals surface area contributed by atoms with E-state index in [1.807, 2.05) is 0 Å². The molecule has 1 atom stereocenters. The molecule has 0 aliphatic heterocycles. The number of hydrogen-bond acceptors (Lipinski definition) is 6. The van der Waals surface area contributed by atoms with Gasteiger partial charge in [-0.25, -0.2) is 0 Å². The van der Waals surface area contributed by atoms with Crippen LogP contribution in [0.5, 0.6) is 11.5 Å². The van der Waals surface area contributed by atoms with Crippen molar-refractivity contribution < 1.29 is 23.8 Å². The summed E-state index contributed by atoms with van der Waals surface area (Å²) in [4.78, 5) is 22.2. The second-order valence-electron chi connectivity index (χ2n) is 3.50. The molecule has 0 saturated carbocycles. The molecule has 0 amide bonds. The van der Waals surface area contributed by atoms with E-state index < -0.39 is 18.0 Å². The van der Waals surface area contributed by atoms with Crippen LogP contribution in [0.2, 0.25) is 0 Å². The van der Waals surface area contributed by atoms with Crippen LogP contribution in [0.25, 0.3) is 0 Å². The highest BCUT2D eigenvalue weighted by atomic mass is 16.6. The number of ether oxygens (including phenoxy) is 3. The Morgan fingerprint density at radius 1 is 1.22 bits per heavy atom. The number of esters is 2. The predicted octanol–water partition coefficient (Wildman–Crippen LogP) is 0.793. The molecule has 0 aromatic heterocycles. The summed E-state index contributed by atoms with van der Waals surface area (Å²) in [6.45, 7) is 1.29. The Kier molecular flexibility index (Phi) is 4.67. The third kappa shape index (κ3) is 3.21. The van der Waals surface area contributed by atoms with Crippen LogP contribution < -0.4 is 15.2 Å². The Morgan fingerprint density at radius 2 is 1.89 bits per heavy atom. The summed E-state index contributed by atoms with van der Waals surface area (Å²) in [5.41, 5.74) is 6.19. The average molecular weight is 253 g/mol. The summed E-state index contributed by atoms with van der Waals surface area (Å²) in [5.74, 6) is -0.427. The molecule has 0 saturated heterocycles. The first-order chi connectivity index (χ1) is 8.49. The van der Waals surface area contributed by atoms with E-state index in [0.29, 0.717) is 11.3 Å². The number of hydrogen-bond donors (Lipinski definition) is 1. The zero-order chi connectivity index (χ0) is 13.7. The Bertz CT molecular complexity index is 458. The lowest BCUT2D eigenvalue weighted by Crippen LogP contribution is -2.22. The molecule has 1 rings (SSSR count). The van der Waals surface area contributed by atoms with Gasteiger partial charge in [0.1, 0.15) is 6.04 Å². The van der Waals surface area contributed by atoms with Gasteiger partial charge < -0.3 is 19.9 Å². The summed E-state index contributed by atoms with van der Waals surface area (Å²) in [5, 5.41) is 0. The van der Waals surface area contributed by atoms with Gasteiger partial charge in [0.25, 0.3) is 0 Å². The summed E-state index contributed by atoms with van der Waals surface area (Å²) in [6, 6.07) is 3.70. The van der Waals surface area contributed by atoms with Crippen molar-refractivity contribution in [1.82, 2.24) is 0 Å². The zero-order valence-corrected chi connectivity index (χ0v) is 10.4. The monoisotopic (exact) mass is 253 g/mol. The van der Waals surface area contributed by atoms with Crippen LogP contribution >= 0.6 is 0 Å². The van der Waals surface area contributed by atoms with E-state index in [1.54, 1.807) is 6.07 Å². The maximum absolute atomic E-state index is 11.3. The highest BCUT2D eigenvalue weighted by Crippen LogP contribution is 2.30. The lowest BCUT2D eigenvalue weighted by atomic mass is 10.1. The fourth-order valence-electron chi connectivity index (χ4n) is 1.38. The van der Waals surface area contributed by atoms with Gasteiger partial charge in [-0.3, -0.25) is 9.59 Å². The number of nitrogens with two attached hydrogens (primary N) is 1. The van der Waals surface area contributed by atoms with Gasteiger partial charge in [-0.15, -0.1) is 0 Å². The Balaban J connectivity index is 3.05. The number of rotatable bonds is 4. The summed E-state index contributed by atoms with van der Waals surface area (Å²) >= 11 is 0. The second kappa shape index (κ2) is 6.02. The minimum absolute atomic E-state index is 0.269. The van der Waals surface area contributed by atoms with E-state index in [1.165, 1.54) is 33.3 Å². The van der Waals surface area contributed by atoms with Crippen LogP contribution in [0.3, 0.4) is 0 Å². The van der Waals surface area contributed by atoms with E-state index in [2.05, 4.69) is 4.74 Å². The quantitative estimate of drug-likeness (QED) is 0.630. The first kappa shape index (κ1) is 14.0. The molecule has 0 aliphatic rings. The molecule has 6 nitrogen and oxygen atoms in total. The van der Waals surface area contributed by atoms with Crippen LogP contribution in [-0.2, 0) is 14.3 Å². The van der Waals surface area contributed by atoms with Crippen LogP contribution in [0.15, 0.2) is 18.2 Å². The highest BCUT2D eigenvalue weighted by Gasteiger charge is 2.18. The van der Waals surface area contributed by atoms with E-state index >= 15 is 0 Å². The van der Waals surface area contributed by atoms with Gasteiger partial charge in [0.15, 0.2) is 11.5 Å². The van der Waals surface area contributed by atoms with Crippen molar-refractivity contribution in [1.29, 1.82) is 0 Å². The minimum Gasteiger partial charge on any atom is -0.493 e. The lowest BCUT2D eigenvalue weighted by Gasteiger charge is -2.13. The molecule has 0 bridgehead atoms. The smallest absolute Gasteiger partial charge is 0.327 e. The predicted molar refractivity (Wildman–Crippen MR) is 63.2 cm³/mol. The third-order valence-corrected chi connectivity index (χ3v) is 2.26. The molecule has 1 aromatic rings. The molecule has 0 fully saturated rings. The van der Waals surface area contributed by atoms with Gasteiger partial charge in [-0.05, 0) is 17.7 Å². The molecule has 0 aliphatic carbocycles. The number of carbonyl (C=O) groups excluding carboxylic acids is 2. The SMILES string of the molecule is COC(=O)[C@H](N)c1ccc(OC(C)=O)c(OC)c1.